The number of rotatable bonds is 5. The third-order valence-electron chi connectivity index (χ3n) is 6.13. The quantitative estimate of drug-likeness (QED) is 0.693. The molecular weight excluding hydrogens is 364 g/mol. The van der Waals surface area contributed by atoms with Crippen molar-refractivity contribution in [2.75, 3.05) is 50.8 Å². The minimum absolute atomic E-state index is 0.124. The summed E-state index contributed by atoms with van der Waals surface area (Å²) >= 11 is 0. The molecule has 0 unspecified atom stereocenters. The molecule has 2 amide bonds. The van der Waals surface area contributed by atoms with E-state index in [1.165, 1.54) is 0 Å². The normalized spacial score (nSPS) is 34.2. The van der Waals surface area contributed by atoms with Gasteiger partial charge >= 0.3 is 0 Å². The highest BCUT2D eigenvalue weighted by Crippen LogP contribution is 2.52. The van der Waals surface area contributed by atoms with Crippen molar-refractivity contribution in [3.8, 4) is 0 Å². The predicted octanol–water partition coefficient (Wildman–Crippen LogP) is -0.282. The maximum absolute atomic E-state index is 13.1. The first-order valence-corrected chi connectivity index (χ1v) is 9.77. The zero-order chi connectivity index (χ0) is 19.3. The van der Waals surface area contributed by atoms with Gasteiger partial charge in [0.05, 0.1) is 37.7 Å². The number of aryl methyl sites for hydroxylation is 1. The van der Waals surface area contributed by atoms with Gasteiger partial charge in [-0.05, 0) is 6.92 Å². The summed E-state index contributed by atoms with van der Waals surface area (Å²) in [7, 11) is 0. The fourth-order valence-electron chi connectivity index (χ4n) is 4.75. The van der Waals surface area contributed by atoms with E-state index in [-0.39, 0.29) is 17.9 Å². The lowest BCUT2D eigenvalue weighted by Gasteiger charge is -2.27. The van der Waals surface area contributed by atoms with Gasteiger partial charge in [0.15, 0.2) is 5.82 Å². The second-order valence-corrected chi connectivity index (χ2v) is 7.87. The predicted molar refractivity (Wildman–Crippen MR) is 97.6 cm³/mol. The zero-order valence-corrected chi connectivity index (χ0v) is 15.8. The zero-order valence-electron chi connectivity index (χ0n) is 15.8. The molecule has 0 radical (unpaired) electrons. The van der Waals surface area contributed by atoms with Crippen LogP contribution in [0, 0.1) is 18.8 Å². The van der Waals surface area contributed by atoms with Crippen LogP contribution in [0.1, 0.15) is 5.76 Å². The van der Waals surface area contributed by atoms with Gasteiger partial charge in [-0.1, -0.05) is 17.3 Å². The van der Waals surface area contributed by atoms with E-state index in [4.69, 9.17) is 14.0 Å². The van der Waals surface area contributed by atoms with Crippen molar-refractivity contribution in [1.29, 1.82) is 0 Å². The van der Waals surface area contributed by atoms with Crippen molar-refractivity contribution in [3.63, 3.8) is 0 Å². The van der Waals surface area contributed by atoms with Crippen LogP contribution < -0.4 is 10.2 Å². The molecular formula is C19H24N4O5. The summed E-state index contributed by atoms with van der Waals surface area (Å²) in [4.78, 5) is 29.9. The average Bonchev–Trinajstić information content (AvgIpc) is 3.44. The topological polar surface area (TPSA) is 97.1 Å². The van der Waals surface area contributed by atoms with Crippen LogP contribution in [0.15, 0.2) is 22.7 Å². The highest BCUT2D eigenvalue weighted by molar-refractivity contribution is 6.02. The Morgan fingerprint density at radius 1 is 1.39 bits per heavy atom. The Morgan fingerprint density at radius 3 is 2.96 bits per heavy atom. The molecule has 9 heteroatoms. The van der Waals surface area contributed by atoms with E-state index in [0.29, 0.717) is 24.7 Å². The first-order chi connectivity index (χ1) is 13.6. The number of hydrogen-bond donors (Lipinski definition) is 1. The molecule has 1 spiro atoms. The molecule has 150 valence electrons. The Morgan fingerprint density at radius 2 is 2.21 bits per heavy atom. The second kappa shape index (κ2) is 6.68. The lowest BCUT2D eigenvalue weighted by atomic mass is 9.77. The first-order valence-electron chi connectivity index (χ1n) is 9.77. The van der Waals surface area contributed by atoms with E-state index in [1.54, 1.807) is 17.9 Å². The first kappa shape index (κ1) is 17.8. The molecule has 28 heavy (non-hydrogen) atoms. The fourth-order valence-corrected chi connectivity index (χ4v) is 4.75. The van der Waals surface area contributed by atoms with E-state index in [0.717, 1.165) is 32.8 Å². The van der Waals surface area contributed by atoms with Gasteiger partial charge in [0.25, 0.3) is 0 Å². The van der Waals surface area contributed by atoms with Crippen molar-refractivity contribution in [1.82, 2.24) is 15.4 Å². The highest BCUT2D eigenvalue weighted by atomic mass is 16.5. The number of nitrogens with zero attached hydrogens (tertiary/aromatic N) is 3. The van der Waals surface area contributed by atoms with Gasteiger partial charge in [-0.25, -0.2) is 0 Å². The molecule has 4 aliphatic heterocycles. The van der Waals surface area contributed by atoms with E-state index >= 15 is 0 Å². The molecule has 3 saturated heterocycles. The number of anilines is 1. The molecule has 3 fully saturated rings. The number of fused-ring (bicyclic) bond motifs is 1. The fraction of sp³-hybridized carbons (Fsp3) is 0.632. The third kappa shape index (κ3) is 2.76. The molecule has 9 nitrogen and oxygen atoms in total. The van der Waals surface area contributed by atoms with Gasteiger partial charge in [0.2, 0.25) is 11.8 Å². The summed E-state index contributed by atoms with van der Waals surface area (Å²) < 4.78 is 16.6. The number of morpholine rings is 1. The lowest BCUT2D eigenvalue weighted by molar-refractivity contribution is -0.132. The maximum Gasteiger partial charge on any atom is 0.235 e. The number of carbonyl (C=O) groups is 2. The summed E-state index contributed by atoms with van der Waals surface area (Å²) in [6, 6.07) is 1.73. The van der Waals surface area contributed by atoms with Crippen LogP contribution in [0.3, 0.4) is 0 Å². The SMILES string of the molecule is Cc1cc(N2C[C@]34C=C[C@@H](O3)[C@H](C(=O)NCCN3CCOCC3)[C@@H]4C2=O)no1. The number of hydrogen-bond acceptors (Lipinski definition) is 7. The van der Waals surface area contributed by atoms with E-state index < -0.39 is 17.4 Å². The Labute approximate surface area is 162 Å². The summed E-state index contributed by atoms with van der Waals surface area (Å²) in [5.74, 6) is -0.189. The molecule has 4 aliphatic rings. The van der Waals surface area contributed by atoms with Crippen LogP contribution in [0.4, 0.5) is 5.82 Å². The van der Waals surface area contributed by atoms with Crippen LogP contribution in [0.25, 0.3) is 0 Å². The summed E-state index contributed by atoms with van der Waals surface area (Å²) in [6.07, 6.45) is 3.50. The van der Waals surface area contributed by atoms with Crippen molar-refractivity contribution in [2.24, 2.45) is 11.8 Å². The summed E-state index contributed by atoms with van der Waals surface area (Å²) in [6.45, 7) is 6.68. The minimum atomic E-state index is -0.749. The van der Waals surface area contributed by atoms with E-state index in [9.17, 15) is 9.59 Å². The molecule has 1 N–H and O–H groups in total. The van der Waals surface area contributed by atoms with Crippen molar-refractivity contribution in [3.05, 3.63) is 24.0 Å². The van der Waals surface area contributed by atoms with Crippen molar-refractivity contribution >= 4 is 17.6 Å². The molecule has 2 bridgehead atoms. The van der Waals surface area contributed by atoms with Crippen LogP contribution in [0.2, 0.25) is 0 Å². The number of aromatic nitrogens is 1. The molecule has 0 aliphatic carbocycles. The number of amides is 2. The maximum atomic E-state index is 13.1. The Kier molecular flexibility index (Phi) is 4.26. The smallest absolute Gasteiger partial charge is 0.235 e. The van der Waals surface area contributed by atoms with Gasteiger partial charge in [-0.15, -0.1) is 0 Å². The van der Waals surface area contributed by atoms with Gasteiger partial charge in [0, 0.05) is 32.2 Å². The molecule has 5 rings (SSSR count). The van der Waals surface area contributed by atoms with Gasteiger partial charge < -0.3 is 19.3 Å². The van der Waals surface area contributed by atoms with Crippen LogP contribution in [0.5, 0.6) is 0 Å². The van der Waals surface area contributed by atoms with Gasteiger partial charge in [0.1, 0.15) is 11.4 Å². The average molecular weight is 388 g/mol. The van der Waals surface area contributed by atoms with Crippen LogP contribution in [-0.4, -0.2) is 79.5 Å². The standard InChI is InChI=1S/C19H24N4O5/c1-12-10-14(21-28-12)23-11-19-3-2-13(27-19)15(16(19)18(23)25)17(24)20-4-5-22-6-8-26-9-7-22/h2-3,10,13,15-16H,4-9,11H2,1H3,(H,20,24)/t13-,15+,16-,19+/m1/s1. The molecule has 5 heterocycles. The lowest BCUT2D eigenvalue weighted by Crippen LogP contribution is -2.46. The van der Waals surface area contributed by atoms with Crippen molar-refractivity contribution < 1.29 is 23.6 Å². The molecule has 1 aromatic rings. The van der Waals surface area contributed by atoms with Gasteiger partial charge in [-0.2, -0.15) is 0 Å². The van der Waals surface area contributed by atoms with Crippen LogP contribution in [-0.2, 0) is 19.1 Å². The van der Waals surface area contributed by atoms with Crippen LogP contribution >= 0.6 is 0 Å². The number of carbonyl (C=O) groups excluding carboxylic acids is 2. The highest BCUT2D eigenvalue weighted by Gasteiger charge is 2.67. The Hall–Kier alpha value is -2.23. The van der Waals surface area contributed by atoms with Crippen molar-refractivity contribution in [2.45, 2.75) is 18.6 Å². The summed E-state index contributed by atoms with van der Waals surface area (Å²) in [5.41, 5.74) is -0.749. The third-order valence-corrected chi connectivity index (χ3v) is 6.13. The van der Waals surface area contributed by atoms with E-state index in [2.05, 4.69) is 15.4 Å². The summed E-state index contributed by atoms with van der Waals surface area (Å²) in [5, 5.41) is 6.97. The minimum Gasteiger partial charge on any atom is -0.379 e. The van der Waals surface area contributed by atoms with E-state index in [1.807, 2.05) is 12.2 Å². The number of nitrogens with one attached hydrogen (secondary N) is 1. The number of ether oxygens (including phenoxy) is 2. The molecule has 0 saturated carbocycles. The Balaban J connectivity index is 1.27. The Bertz CT molecular complexity index is 817. The van der Waals surface area contributed by atoms with Gasteiger partial charge in [-0.3, -0.25) is 19.4 Å². The monoisotopic (exact) mass is 388 g/mol. The molecule has 4 atom stereocenters. The molecule has 0 aromatic carbocycles. The molecule has 1 aromatic heterocycles. The largest absolute Gasteiger partial charge is 0.379 e. The second-order valence-electron chi connectivity index (χ2n) is 7.87.